The van der Waals surface area contributed by atoms with Crippen LogP contribution >= 0.6 is 11.3 Å². The summed E-state index contributed by atoms with van der Waals surface area (Å²) in [6.07, 6.45) is 4.57. The van der Waals surface area contributed by atoms with E-state index in [0.717, 1.165) is 16.7 Å². The third kappa shape index (κ3) is 4.16. The van der Waals surface area contributed by atoms with Gasteiger partial charge in [0.05, 0.1) is 5.41 Å². The summed E-state index contributed by atoms with van der Waals surface area (Å²) >= 11 is 1.88. The minimum Gasteiger partial charge on any atom is -0.208 e. The topological polar surface area (TPSA) is 38.7 Å². The molecular weight excluding hydrogens is 651 g/mol. The number of hydrogen-bond donors (Lipinski definition) is 0. The molecule has 0 aliphatic heterocycles. The average Bonchev–Trinajstić information content (AvgIpc) is 3.69. The van der Waals surface area contributed by atoms with Gasteiger partial charge in [0.2, 0.25) is 0 Å². The van der Waals surface area contributed by atoms with Gasteiger partial charge in [-0.05, 0) is 62.7 Å². The predicted octanol–water partition coefficient (Wildman–Crippen LogP) is 12.1. The lowest BCUT2D eigenvalue weighted by Crippen LogP contribution is -2.30. The first kappa shape index (κ1) is 29.3. The Kier molecular flexibility index (Phi) is 6.34. The molecule has 52 heavy (non-hydrogen) atoms. The zero-order valence-corrected chi connectivity index (χ0v) is 28.8. The standard InChI is InChI=1S/C48H29N3S/c1-3-14-32(15-4-1)45-49-46(33-16-5-2-6-17-33)51-47(50-45)34-26-25-31-24-23-30-13-7-10-20-37(30)48(40(31)29-34)38-21-11-8-18-35(38)43-39(48)27-28-42-44(43)36-19-9-12-22-41(36)52-42/h1-29H. The largest absolute Gasteiger partial charge is 0.208 e. The highest BCUT2D eigenvalue weighted by Gasteiger charge is 2.49. The van der Waals surface area contributed by atoms with Crippen LogP contribution in [-0.2, 0) is 5.41 Å². The zero-order chi connectivity index (χ0) is 34.2. The summed E-state index contributed by atoms with van der Waals surface area (Å²) in [5.41, 5.74) is 12.4. The number of rotatable bonds is 3. The lowest BCUT2D eigenvalue weighted by molar-refractivity contribution is 0.767. The summed E-state index contributed by atoms with van der Waals surface area (Å²) in [5.74, 6) is 1.96. The Morgan fingerprint density at radius 1 is 0.404 bits per heavy atom. The van der Waals surface area contributed by atoms with Crippen LogP contribution < -0.4 is 0 Å². The van der Waals surface area contributed by atoms with Crippen molar-refractivity contribution in [3.63, 3.8) is 0 Å². The van der Waals surface area contributed by atoms with Crippen molar-refractivity contribution >= 4 is 43.7 Å². The highest BCUT2D eigenvalue weighted by molar-refractivity contribution is 7.26. The van der Waals surface area contributed by atoms with Crippen LogP contribution in [0.15, 0.2) is 164 Å². The minimum atomic E-state index is -0.577. The van der Waals surface area contributed by atoms with Crippen molar-refractivity contribution in [2.75, 3.05) is 0 Å². The van der Waals surface area contributed by atoms with Crippen LogP contribution in [0.2, 0.25) is 0 Å². The quantitative estimate of drug-likeness (QED) is 0.187. The number of benzene rings is 7. The number of nitrogens with zero attached hydrogens (tertiary/aromatic N) is 3. The molecule has 0 saturated carbocycles. The fraction of sp³-hybridized carbons (Fsp3) is 0.0208. The Labute approximate surface area is 305 Å². The van der Waals surface area contributed by atoms with Gasteiger partial charge < -0.3 is 0 Å². The van der Waals surface area contributed by atoms with E-state index >= 15 is 0 Å². The fourth-order valence-corrected chi connectivity index (χ4v) is 9.69. The van der Waals surface area contributed by atoms with Gasteiger partial charge >= 0.3 is 0 Å². The van der Waals surface area contributed by atoms with E-state index < -0.39 is 5.41 Å². The van der Waals surface area contributed by atoms with Crippen molar-refractivity contribution in [3.05, 3.63) is 197 Å². The van der Waals surface area contributed by atoms with Crippen LogP contribution in [0, 0.1) is 0 Å². The molecule has 2 aromatic heterocycles. The van der Waals surface area contributed by atoms with Crippen LogP contribution in [0.1, 0.15) is 33.4 Å². The van der Waals surface area contributed by atoms with E-state index in [0.29, 0.717) is 17.5 Å². The molecule has 1 unspecified atom stereocenters. The van der Waals surface area contributed by atoms with E-state index in [4.69, 9.17) is 15.0 Å². The molecule has 0 N–H and O–H groups in total. The molecule has 1 atom stereocenters. The molecule has 2 heterocycles. The molecule has 0 fully saturated rings. The van der Waals surface area contributed by atoms with Crippen LogP contribution in [-0.4, -0.2) is 15.0 Å². The van der Waals surface area contributed by atoms with Crippen molar-refractivity contribution in [2.45, 2.75) is 5.41 Å². The van der Waals surface area contributed by atoms with Gasteiger partial charge in [0.1, 0.15) is 0 Å². The number of fused-ring (bicyclic) bond motifs is 13. The van der Waals surface area contributed by atoms with Crippen LogP contribution in [0.4, 0.5) is 0 Å². The molecule has 3 nitrogen and oxygen atoms in total. The number of aromatic nitrogens is 3. The van der Waals surface area contributed by atoms with Gasteiger partial charge in [-0.2, -0.15) is 0 Å². The highest BCUT2D eigenvalue weighted by Crippen LogP contribution is 2.61. The van der Waals surface area contributed by atoms with E-state index in [9.17, 15) is 0 Å². The molecule has 11 rings (SSSR count). The molecule has 7 aromatic carbocycles. The Hall–Kier alpha value is -6.49. The van der Waals surface area contributed by atoms with E-state index in [2.05, 4.69) is 140 Å². The average molecular weight is 680 g/mol. The summed E-state index contributed by atoms with van der Waals surface area (Å²) < 4.78 is 2.63. The van der Waals surface area contributed by atoms with Gasteiger partial charge in [0.25, 0.3) is 0 Å². The molecule has 0 bridgehead atoms. The summed E-state index contributed by atoms with van der Waals surface area (Å²) in [7, 11) is 0. The summed E-state index contributed by atoms with van der Waals surface area (Å²) in [5, 5.41) is 2.65. The Morgan fingerprint density at radius 2 is 1.00 bits per heavy atom. The zero-order valence-electron chi connectivity index (χ0n) is 28.0. The summed E-state index contributed by atoms with van der Waals surface area (Å²) in [4.78, 5) is 15.3. The molecule has 242 valence electrons. The smallest absolute Gasteiger partial charge is 0.164 e. The fourth-order valence-electron chi connectivity index (χ4n) is 8.57. The van der Waals surface area contributed by atoms with Crippen molar-refractivity contribution in [1.82, 2.24) is 15.0 Å². The van der Waals surface area contributed by atoms with Gasteiger partial charge in [-0.25, -0.2) is 15.0 Å². The van der Waals surface area contributed by atoms with Gasteiger partial charge in [0.15, 0.2) is 17.5 Å². The molecule has 2 aliphatic carbocycles. The first-order valence-electron chi connectivity index (χ1n) is 17.6. The lowest BCUT2D eigenvalue weighted by atomic mass is 9.65. The van der Waals surface area contributed by atoms with Gasteiger partial charge in [0, 0.05) is 36.9 Å². The Balaban J connectivity index is 1.24. The first-order chi connectivity index (χ1) is 25.8. The van der Waals surface area contributed by atoms with Crippen LogP contribution in [0.5, 0.6) is 0 Å². The van der Waals surface area contributed by atoms with Crippen LogP contribution in [0.25, 0.3) is 77.6 Å². The second-order valence-electron chi connectivity index (χ2n) is 13.5. The predicted molar refractivity (Wildman–Crippen MR) is 215 cm³/mol. The molecular formula is C48H29N3S. The maximum Gasteiger partial charge on any atom is 0.164 e. The van der Waals surface area contributed by atoms with E-state index in [1.54, 1.807) is 0 Å². The lowest BCUT2D eigenvalue weighted by Gasteiger charge is -2.35. The molecule has 9 aromatic rings. The van der Waals surface area contributed by atoms with E-state index in [1.807, 2.05) is 47.7 Å². The van der Waals surface area contributed by atoms with Crippen LogP contribution in [0.3, 0.4) is 0 Å². The van der Waals surface area contributed by atoms with Gasteiger partial charge in [-0.3, -0.25) is 0 Å². The molecule has 2 aliphatic rings. The highest BCUT2D eigenvalue weighted by atomic mass is 32.1. The van der Waals surface area contributed by atoms with E-state index in [-0.39, 0.29) is 0 Å². The minimum absolute atomic E-state index is 0.577. The summed E-state index contributed by atoms with van der Waals surface area (Å²) in [6, 6.07) is 58.7. The van der Waals surface area contributed by atoms with Gasteiger partial charge in [-0.1, -0.05) is 158 Å². The number of thiophene rings is 1. The van der Waals surface area contributed by atoms with Crippen molar-refractivity contribution in [2.24, 2.45) is 0 Å². The second kappa shape index (κ2) is 11.3. The normalized spacial score (nSPS) is 15.3. The molecule has 4 heteroatoms. The van der Waals surface area contributed by atoms with Gasteiger partial charge in [-0.15, -0.1) is 11.3 Å². The third-order valence-corrected chi connectivity index (χ3v) is 11.9. The third-order valence-electron chi connectivity index (χ3n) is 10.8. The van der Waals surface area contributed by atoms with Crippen molar-refractivity contribution in [1.29, 1.82) is 0 Å². The monoisotopic (exact) mass is 679 g/mol. The SMILES string of the molecule is C1=Cc2ccc(-c3nc(-c4ccccc4)nc(-c4ccccc4)n3)cc2C2(c3ccccc31)c1ccccc1-c1c2ccc2sc3ccccc3c12. The summed E-state index contributed by atoms with van der Waals surface area (Å²) in [6.45, 7) is 0. The molecule has 1 spiro atoms. The molecule has 0 radical (unpaired) electrons. The second-order valence-corrected chi connectivity index (χ2v) is 14.6. The Bertz CT molecular complexity index is 2850. The van der Waals surface area contributed by atoms with E-state index in [1.165, 1.54) is 64.7 Å². The first-order valence-corrected chi connectivity index (χ1v) is 18.4. The Morgan fingerprint density at radius 3 is 1.75 bits per heavy atom. The number of hydrogen-bond acceptors (Lipinski definition) is 4. The maximum absolute atomic E-state index is 5.15. The molecule has 0 amide bonds. The van der Waals surface area contributed by atoms with Crippen molar-refractivity contribution in [3.8, 4) is 45.3 Å². The van der Waals surface area contributed by atoms with Crippen molar-refractivity contribution < 1.29 is 0 Å². The maximum atomic E-state index is 5.15. The molecule has 0 saturated heterocycles.